The first-order chi connectivity index (χ1) is 9.34. The molecule has 1 N–H and O–H groups in total. The van der Waals surface area contributed by atoms with Crippen molar-refractivity contribution in [3.8, 4) is 0 Å². The molecule has 20 heavy (non-hydrogen) atoms. The SMILES string of the molecule is CNC(CCOCC(F)F)C1CCCC(S(C)(=O)=O)C1. The van der Waals surface area contributed by atoms with Gasteiger partial charge < -0.3 is 10.1 Å². The molecule has 0 aromatic carbocycles. The molecule has 0 heterocycles. The van der Waals surface area contributed by atoms with Gasteiger partial charge in [-0.25, -0.2) is 17.2 Å². The highest BCUT2D eigenvalue weighted by Gasteiger charge is 2.32. The highest BCUT2D eigenvalue weighted by atomic mass is 32.2. The second kappa shape index (κ2) is 8.24. The molecule has 0 bridgehead atoms. The van der Waals surface area contributed by atoms with Gasteiger partial charge in [0, 0.05) is 18.9 Å². The monoisotopic (exact) mass is 313 g/mol. The fraction of sp³-hybridized carbons (Fsp3) is 1.00. The Balaban J connectivity index is 2.44. The molecule has 1 rings (SSSR count). The minimum atomic E-state index is -3.00. The molecular weight excluding hydrogens is 288 g/mol. The van der Waals surface area contributed by atoms with Gasteiger partial charge in [-0.3, -0.25) is 0 Å². The Morgan fingerprint density at radius 1 is 1.35 bits per heavy atom. The number of ether oxygens (including phenoxy) is 1. The predicted molar refractivity (Wildman–Crippen MR) is 74.9 cm³/mol. The molecule has 1 aliphatic rings. The van der Waals surface area contributed by atoms with E-state index in [1.807, 2.05) is 7.05 Å². The third-order valence-corrected chi connectivity index (χ3v) is 5.67. The second-order valence-corrected chi connectivity index (χ2v) is 7.85. The lowest BCUT2D eigenvalue weighted by molar-refractivity contribution is 0.0124. The molecule has 0 aromatic rings. The Kier molecular flexibility index (Phi) is 7.33. The lowest BCUT2D eigenvalue weighted by Crippen LogP contribution is -2.40. The van der Waals surface area contributed by atoms with Crippen LogP contribution in [0.25, 0.3) is 0 Å². The van der Waals surface area contributed by atoms with Gasteiger partial charge in [-0.2, -0.15) is 0 Å². The summed E-state index contributed by atoms with van der Waals surface area (Å²) in [6.45, 7) is -0.261. The van der Waals surface area contributed by atoms with Gasteiger partial charge in [0.25, 0.3) is 6.43 Å². The summed E-state index contributed by atoms with van der Waals surface area (Å²) in [4.78, 5) is 0. The highest BCUT2D eigenvalue weighted by Crippen LogP contribution is 2.31. The van der Waals surface area contributed by atoms with Crippen molar-refractivity contribution in [3.05, 3.63) is 0 Å². The van der Waals surface area contributed by atoms with Gasteiger partial charge >= 0.3 is 0 Å². The van der Waals surface area contributed by atoms with Crippen molar-refractivity contribution in [2.75, 3.05) is 26.5 Å². The summed E-state index contributed by atoms with van der Waals surface area (Å²) in [6, 6.07) is 0.122. The summed E-state index contributed by atoms with van der Waals surface area (Å²) in [5, 5.41) is 2.90. The lowest BCUT2D eigenvalue weighted by Gasteiger charge is -2.33. The minimum Gasteiger partial charge on any atom is -0.375 e. The first kappa shape index (κ1) is 17.8. The van der Waals surface area contributed by atoms with Crippen molar-refractivity contribution in [1.82, 2.24) is 5.32 Å². The summed E-state index contributed by atoms with van der Waals surface area (Å²) < 4.78 is 52.1. The first-order valence-electron chi connectivity index (χ1n) is 7.06. The van der Waals surface area contributed by atoms with Crippen LogP contribution in [0.15, 0.2) is 0 Å². The number of hydrogen-bond donors (Lipinski definition) is 1. The normalized spacial score (nSPS) is 25.9. The van der Waals surface area contributed by atoms with E-state index in [-0.39, 0.29) is 23.8 Å². The number of halogens is 2. The molecule has 1 aliphatic carbocycles. The number of hydrogen-bond acceptors (Lipinski definition) is 4. The van der Waals surface area contributed by atoms with E-state index in [0.29, 0.717) is 12.8 Å². The summed E-state index contributed by atoms with van der Waals surface area (Å²) in [5.74, 6) is 0.267. The van der Waals surface area contributed by atoms with Crippen LogP contribution in [0.4, 0.5) is 8.78 Å². The molecule has 0 spiro atoms. The third-order valence-electron chi connectivity index (χ3n) is 4.03. The number of nitrogens with one attached hydrogen (secondary N) is 1. The maximum Gasteiger partial charge on any atom is 0.261 e. The van der Waals surface area contributed by atoms with Gasteiger partial charge in [-0.1, -0.05) is 6.42 Å². The fourth-order valence-electron chi connectivity index (χ4n) is 2.93. The smallest absolute Gasteiger partial charge is 0.261 e. The van der Waals surface area contributed by atoms with E-state index in [4.69, 9.17) is 4.74 Å². The van der Waals surface area contributed by atoms with Crippen LogP contribution >= 0.6 is 0 Å². The standard InChI is InChI=1S/C13H25F2NO3S/c1-16-12(6-7-19-9-13(14)15)10-4-3-5-11(8-10)20(2,17)18/h10-13,16H,3-9H2,1-2H3. The quantitative estimate of drug-likeness (QED) is 0.695. The van der Waals surface area contributed by atoms with Gasteiger partial charge in [-0.05, 0) is 38.6 Å². The number of sulfone groups is 1. The van der Waals surface area contributed by atoms with Crippen LogP contribution in [0.1, 0.15) is 32.1 Å². The molecule has 0 amide bonds. The van der Waals surface area contributed by atoms with E-state index in [2.05, 4.69) is 5.32 Å². The van der Waals surface area contributed by atoms with Crippen LogP contribution in [0, 0.1) is 5.92 Å². The van der Waals surface area contributed by atoms with E-state index in [0.717, 1.165) is 19.3 Å². The van der Waals surface area contributed by atoms with Crippen molar-refractivity contribution < 1.29 is 21.9 Å². The van der Waals surface area contributed by atoms with E-state index in [9.17, 15) is 17.2 Å². The van der Waals surface area contributed by atoms with E-state index >= 15 is 0 Å². The molecule has 1 fully saturated rings. The largest absolute Gasteiger partial charge is 0.375 e. The maximum atomic E-state index is 12.0. The van der Waals surface area contributed by atoms with Crippen molar-refractivity contribution in [2.45, 2.75) is 49.8 Å². The molecule has 3 unspecified atom stereocenters. The summed E-state index contributed by atoms with van der Waals surface area (Å²) >= 11 is 0. The third kappa shape index (κ3) is 6.01. The lowest BCUT2D eigenvalue weighted by atomic mass is 9.82. The van der Waals surface area contributed by atoms with Crippen molar-refractivity contribution in [3.63, 3.8) is 0 Å². The number of rotatable bonds is 8. The molecule has 4 nitrogen and oxygen atoms in total. The van der Waals surface area contributed by atoms with Crippen LogP contribution in [-0.2, 0) is 14.6 Å². The van der Waals surface area contributed by atoms with E-state index in [1.165, 1.54) is 6.26 Å². The Morgan fingerprint density at radius 2 is 2.05 bits per heavy atom. The highest BCUT2D eigenvalue weighted by molar-refractivity contribution is 7.91. The van der Waals surface area contributed by atoms with Crippen LogP contribution in [0.2, 0.25) is 0 Å². The van der Waals surface area contributed by atoms with Crippen LogP contribution < -0.4 is 5.32 Å². The second-order valence-electron chi connectivity index (χ2n) is 5.53. The number of alkyl halides is 2. The summed E-state index contributed by atoms with van der Waals surface area (Å²) in [7, 11) is -1.17. The van der Waals surface area contributed by atoms with Gasteiger partial charge in [0.15, 0.2) is 0 Å². The van der Waals surface area contributed by atoms with Crippen LogP contribution in [0.5, 0.6) is 0 Å². The molecule has 7 heteroatoms. The predicted octanol–water partition coefficient (Wildman–Crippen LogP) is 1.85. The van der Waals surface area contributed by atoms with Crippen LogP contribution in [-0.4, -0.2) is 52.7 Å². The maximum absolute atomic E-state index is 12.0. The molecule has 3 atom stereocenters. The van der Waals surface area contributed by atoms with Crippen LogP contribution in [0.3, 0.4) is 0 Å². The zero-order valence-corrected chi connectivity index (χ0v) is 13.0. The van der Waals surface area contributed by atoms with Gasteiger partial charge in [-0.15, -0.1) is 0 Å². The molecule has 0 saturated heterocycles. The fourth-order valence-corrected chi connectivity index (χ4v) is 4.13. The Bertz CT molecular complexity index is 376. The molecular formula is C13H25F2NO3S. The van der Waals surface area contributed by atoms with Gasteiger partial charge in [0.2, 0.25) is 0 Å². The minimum absolute atomic E-state index is 0.122. The zero-order valence-electron chi connectivity index (χ0n) is 12.1. The van der Waals surface area contributed by atoms with Crippen molar-refractivity contribution >= 4 is 9.84 Å². The molecule has 0 aliphatic heterocycles. The Hall–Kier alpha value is -0.270. The molecule has 0 aromatic heterocycles. The van der Waals surface area contributed by atoms with Gasteiger partial charge in [0.1, 0.15) is 16.4 Å². The average Bonchev–Trinajstić information content (AvgIpc) is 2.38. The van der Waals surface area contributed by atoms with Gasteiger partial charge in [0.05, 0.1) is 5.25 Å². The Labute approximate surface area is 120 Å². The molecule has 0 radical (unpaired) electrons. The first-order valence-corrected chi connectivity index (χ1v) is 9.02. The summed E-state index contributed by atoms with van der Waals surface area (Å²) in [6.07, 6.45) is 2.75. The Morgan fingerprint density at radius 3 is 2.60 bits per heavy atom. The summed E-state index contributed by atoms with van der Waals surface area (Å²) in [5.41, 5.74) is 0. The zero-order chi connectivity index (χ0) is 15.2. The van der Waals surface area contributed by atoms with E-state index in [1.54, 1.807) is 0 Å². The van der Waals surface area contributed by atoms with Crippen molar-refractivity contribution in [2.24, 2.45) is 5.92 Å². The van der Waals surface area contributed by atoms with E-state index < -0.39 is 22.9 Å². The molecule has 120 valence electrons. The topological polar surface area (TPSA) is 55.4 Å². The average molecular weight is 313 g/mol. The molecule has 1 saturated carbocycles. The van der Waals surface area contributed by atoms with Crippen molar-refractivity contribution in [1.29, 1.82) is 0 Å².